The van der Waals surface area contributed by atoms with Gasteiger partial charge in [-0.2, -0.15) is 0 Å². The minimum Gasteiger partial charge on any atom is -0.454 e. The summed E-state index contributed by atoms with van der Waals surface area (Å²) in [5, 5.41) is 4.84. The smallest absolute Gasteiger partial charge is 0.154 e. The summed E-state index contributed by atoms with van der Waals surface area (Å²) in [6.45, 7) is 0. The standard InChI is InChI=1S/C44H28N2OS/c1-3-11-31(12-4-1)45(34-24-25-37-42(28-34)48-44-36-16-8-10-18-41(36)47-43(37)44)33-22-19-29(20-23-33)30-21-26-40-38(27-30)35-15-7-9-17-39(35)46(40)32-13-5-2-6-14-32/h1-28H. The second-order valence-corrected chi connectivity index (χ2v) is 13.2. The molecule has 3 heterocycles. The number of anilines is 3. The highest BCUT2D eigenvalue weighted by atomic mass is 32.1. The maximum absolute atomic E-state index is 6.30. The molecule has 0 fully saturated rings. The van der Waals surface area contributed by atoms with Crippen LogP contribution in [-0.2, 0) is 0 Å². The summed E-state index contributed by atoms with van der Waals surface area (Å²) in [4.78, 5) is 2.33. The molecule has 0 radical (unpaired) electrons. The number of rotatable bonds is 5. The maximum Gasteiger partial charge on any atom is 0.154 e. The van der Waals surface area contributed by atoms with Gasteiger partial charge in [-0.3, -0.25) is 0 Å². The molecular formula is C44H28N2OS. The van der Waals surface area contributed by atoms with Crippen LogP contribution in [0.5, 0.6) is 0 Å². The predicted octanol–water partition coefficient (Wildman–Crippen LogP) is 13.0. The maximum atomic E-state index is 6.30. The summed E-state index contributed by atoms with van der Waals surface area (Å²) in [6, 6.07) is 60.7. The summed E-state index contributed by atoms with van der Waals surface area (Å²) < 4.78 is 11.1. The Morgan fingerprint density at radius 3 is 1.94 bits per heavy atom. The number of hydrogen-bond donors (Lipinski definition) is 0. The first-order valence-electron chi connectivity index (χ1n) is 16.2. The van der Waals surface area contributed by atoms with E-state index < -0.39 is 0 Å². The van der Waals surface area contributed by atoms with E-state index in [0.717, 1.165) is 33.6 Å². The highest BCUT2D eigenvalue weighted by molar-refractivity contribution is 7.26. The lowest BCUT2D eigenvalue weighted by Gasteiger charge is -2.25. The Hall–Kier alpha value is -6.10. The fourth-order valence-corrected chi connectivity index (χ4v) is 8.36. The van der Waals surface area contributed by atoms with Crippen LogP contribution in [0.4, 0.5) is 17.1 Å². The van der Waals surface area contributed by atoms with Gasteiger partial charge < -0.3 is 13.9 Å². The number of thiophene rings is 1. The first-order valence-corrected chi connectivity index (χ1v) is 17.0. The second kappa shape index (κ2) is 10.7. The van der Waals surface area contributed by atoms with Crippen molar-refractivity contribution in [1.82, 2.24) is 4.57 Å². The van der Waals surface area contributed by atoms with Crippen molar-refractivity contribution in [3.63, 3.8) is 0 Å². The zero-order valence-corrected chi connectivity index (χ0v) is 26.7. The van der Waals surface area contributed by atoms with Crippen LogP contribution in [0.1, 0.15) is 0 Å². The number of benzene rings is 7. The zero-order valence-electron chi connectivity index (χ0n) is 25.9. The molecule has 3 nitrogen and oxygen atoms in total. The van der Waals surface area contributed by atoms with Gasteiger partial charge in [0.1, 0.15) is 5.58 Å². The van der Waals surface area contributed by atoms with Crippen LogP contribution in [0, 0.1) is 0 Å². The van der Waals surface area contributed by atoms with Crippen molar-refractivity contribution >= 4 is 81.5 Å². The van der Waals surface area contributed by atoms with Crippen molar-refractivity contribution in [3.8, 4) is 16.8 Å². The summed E-state index contributed by atoms with van der Waals surface area (Å²) in [5.74, 6) is 0. The molecule has 226 valence electrons. The minimum atomic E-state index is 0.942. The van der Waals surface area contributed by atoms with Gasteiger partial charge in [0.05, 0.1) is 15.7 Å². The summed E-state index contributed by atoms with van der Waals surface area (Å²) in [6.07, 6.45) is 0. The molecule has 0 aliphatic carbocycles. The van der Waals surface area contributed by atoms with Gasteiger partial charge in [-0.1, -0.05) is 84.9 Å². The van der Waals surface area contributed by atoms with Crippen molar-refractivity contribution in [2.24, 2.45) is 0 Å². The van der Waals surface area contributed by atoms with Gasteiger partial charge in [-0.15, -0.1) is 11.3 Å². The lowest BCUT2D eigenvalue weighted by Crippen LogP contribution is -2.09. The Labute approximate surface area is 281 Å². The molecule has 0 amide bonds. The third kappa shape index (κ3) is 4.20. The summed E-state index contributed by atoms with van der Waals surface area (Å²) in [7, 11) is 0. The van der Waals surface area contributed by atoms with E-state index in [-0.39, 0.29) is 0 Å². The molecule has 0 aliphatic heterocycles. The fourth-order valence-electron chi connectivity index (χ4n) is 7.17. The number of para-hydroxylation sites is 4. The number of fused-ring (bicyclic) bond motifs is 8. The minimum absolute atomic E-state index is 0.942. The predicted molar refractivity (Wildman–Crippen MR) is 204 cm³/mol. The molecule has 0 aliphatic rings. The van der Waals surface area contributed by atoms with E-state index in [1.807, 2.05) is 12.1 Å². The average Bonchev–Trinajstić information content (AvgIpc) is 3.80. The topological polar surface area (TPSA) is 21.3 Å². The molecule has 0 spiro atoms. The summed E-state index contributed by atoms with van der Waals surface area (Å²) in [5.41, 5.74) is 11.2. The van der Waals surface area contributed by atoms with Gasteiger partial charge in [0.2, 0.25) is 0 Å². The Morgan fingerprint density at radius 1 is 0.458 bits per heavy atom. The van der Waals surface area contributed by atoms with E-state index in [9.17, 15) is 0 Å². The van der Waals surface area contributed by atoms with Crippen molar-refractivity contribution in [1.29, 1.82) is 0 Å². The van der Waals surface area contributed by atoms with Crippen LogP contribution in [0.25, 0.3) is 70.0 Å². The third-order valence-corrected chi connectivity index (χ3v) is 10.6. The van der Waals surface area contributed by atoms with E-state index in [0.29, 0.717) is 0 Å². The Bertz CT molecular complexity index is 2770. The second-order valence-electron chi connectivity index (χ2n) is 12.2. The van der Waals surface area contributed by atoms with Crippen molar-refractivity contribution in [2.45, 2.75) is 0 Å². The van der Waals surface area contributed by atoms with Crippen LogP contribution in [0.3, 0.4) is 0 Å². The molecule has 0 saturated carbocycles. The van der Waals surface area contributed by atoms with Crippen LogP contribution in [0.15, 0.2) is 174 Å². The van der Waals surface area contributed by atoms with Crippen molar-refractivity contribution in [2.75, 3.05) is 4.90 Å². The largest absolute Gasteiger partial charge is 0.454 e. The van der Waals surface area contributed by atoms with Gasteiger partial charge in [0.15, 0.2) is 5.58 Å². The molecule has 10 aromatic rings. The molecule has 0 saturated heterocycles. The molecule has 4 heteroatoms. The Kier molecular flexibility index (Phi) is 6.05. The number of furan rings is 1. The fraction of sp³-hybridized carbons (Fsp3) is 0. The molecule has 10 rings (SSSR count). The average molecular weight is 633 g/mol. The molecule has 0 atom stereocenters. The third-order valence-electron chi connectivity index (χ3n) is 9.39. The molecule has 0 bridgehead atoms. The van der Waals surface area contributed by atoms with E-state index in [1.165, 1.54) is 53.4 Å². The van der Waals surface area contributed by atoms with Gasteiger partial charge in [0, 0.05) is 49.0 Å². The quantitative estimate of drug-likeness (QED) is 0.188. The summed E-state index contributed by atoms with van der Waals surface area (Å²) >= 11 is 1.80. The van der Waals surface area contributed by atoms with Gasteiger partial charge in [-0.25, -0.2) is 0 Å². The van der Waals surface area contributed by atoms with Gasteiger partial charge in [0.25, 0.3) is 0 Å². The Balaban J connectivity index is 1.07. The van der Waals surface area contributed by atoms with Crippen LogP contribution < -0.4 is 4.90 Å². The van der Waals surface area contributed by atoms with E-state index in [2.05, 4.69) is 167 Å². The molecule has 3 aromatic heterocycles. The molecule has 7 aromatic carbocycles. The monoisotopic (exact) mass is 632 g/mol. The number of aromatic nitrogens is 1. The first kappa shape index (κ1) is 27.1. The van der Waals surface area contributed by atoms with Crippen LogP contribution >= 0.6 is 11.3 Å². The molecule has 0 unspecified atom stereocenters. The number of hydrogen-bond acceptors (Lipinski definition) is 3. The highest BCUT2D eigenvalue weighted by Crippen LogP contribution is 2.44. The van der Waals surface area contributed by atoms with Crippen molar-refractivity contribution in [3.05, 3.63) is 170 Å². The van der Waals surface area contributed by atoms with E-state index in [4.69, 9.17) is 4.42 Å². The zero-order chi connectivity index (χ0) is 31.6. The molecule has 48 heavy (non-hydrogen) atoms. The lowest BCUT2D eigenvalue weighted by atomic mass is 10.0. The first-order chi connectivity index (χ1) is 23.8. The normalized spacial score (nSPS) is 11.8. The van der Waals surface area contributed by atoms with E-state index >= 15 is 0 Å². The van der Waals surface area contributed by atoms with Gasteiger partial charge in [-0.05, 0) is 96.1 Å². The molecular weight excluding hydrogens is 605 g/mol. The van der Waals surface area contributed by atoms with Crippen LogP contribution in [-0.4, -0.2) is 4.57 Å². The SMILES string of the molecule is c1ccc(N(c2ccc(-c3ccc4c(c3)c3ccccc3n4-c3ccccc3)cc2)c2ccc3c(c2)sc2c4ccccc4oc32)cc1. The molecule has 0 N–H and O–H groups in total. The number of nitrogens with zero attached hydrogens (tertiary/aromatic N) is 2. The van der Waals surface area contributed by atoms with Crippen LogP contribution in [0.2, 0.25) is 0 Å². The van der Waals surface area contributed by atoms with E-state index in [1.54, 1.807) is 11.3 Å². The Morgan fingerprint density at radius 2 is 1.10 bits per heavy atom. The lowest BCUT2D eigenvalue weighted by molar-refractivity contribution is 0.673. The van der Waals surface area contributed by atoms with Crippen molar-refractivity contribution < 1.29 is 4.42 Å². The highest BCUT2D eigenvalue weighted by Gasteiger charge is 2.18. The van der Waals surface area contributed by atoms with Gasteiger partial charge >= 0.3 is 0 Å².